The zero-order chi connectivity index (χ0) is 15.3. The topological polar surface area (TPSA) is 9.23 Å². The predicted octanol–water partition coefficient (Wildman–Crippen LogP) is 5.67. The van der Waals surface area contributed by atoms with E-state index in [4.69, 9.17) is 4.74 Å². The summed E-state index contributed by atoms with van der Waals surface area (Å²) in [5.41, 5.74) is 0.157. The minimum Gasteiger partial charge on any atom is -0.366 e. The lowest BCUT2D eigenvalue weighted by Gasteiger charge is -2.26. The molecule has 1 aliphatic rings. The van der Waals surface area contributed by atoms with Crippen molar-refractivity contribution >= 4 is 0 Å². The number of unbranched alkanes of at least 4 members (excludes halogenated alkanes) is 2. The van der Waals surface area contributed by atoms with Gasteiger partial charge in [0.05, 0.1) is 11.7 Å². The molecule has 0 amide bonds. The molecule has 1 aromatic rings. The van der Waals surface area contributed by atoms with E-state index < -0.39 is 11.7 Å². The summed E-state index contributed by atoms with van der Waals surface area (Å²) < 4.78 is 43.6. The van der Waals surface area contributed by atoms with Crippen LogP contribution < -0.4 is 0 Å². The molecular formula is C17H21F3O. The molecular weight excluding hydrogens is 277 g/mol. The summed E-state index contributed by atoms with van der Waals surface area (Å²) in [6, 6.07) is 5.25. The molecule has 2 atom stereocenters. The van der Waals surface area contributed by atoms with Crippen LogP contribution in [0.15, 0.2) is 36.4 Å². The summed E-state index contributed by atoms with van der Waals surface area (Å²) in [5.74, 6) is 0. The Morgan fingerprint density at radius 2 is 1.86 bits per heavy atom. The maximum atomic E-state index is 12.6. The van der Waals surface area contributed by atoms with Crippen molar-refractivity contribution in [3.63, 3.8) is 0 Å². The van der Waals surface area contributed by atoms with Gasteiger partial charge < -0.3 is 4.74 Å². The van der Waals surface area contributed by atoms with Crippen LogP contribution in [-0.4, -0.2) is 6.10 Å². The molecule has 2 rings (SSSR count). The highest BCUT2D eigenvalue weighted by Crippen LogP contribution is 2.32. The van der Waals surface area contributed by atoms with E-state index in [0.717, 1.165) is 37.0 Å². The van der Waals surface area contributed by atoms with Crippen molar-refractivity contribution in [1.82, 2.24) is 0 Å². The Bertz CT molecular complexity index is 462. The van der Waals surface area contributed by atoms with Crippen LogP contribution in [0.3, 0.4) is 0 Å². The Kier molecular flexibility index (Phi) is 5.45. The number of ether oxygens (including phenoxy) is 1. The smallest absolute Gasteiger partial charge is 0.366 e. The largest absolute Gasteiger partial charge is 0.416 e. The zero-order valence-corrected chi connectivity index (χ0v) is 12.2. The molecule has 1 aromatic carbocycles. The van der Waals surface area contributed by atoms with E-state index in [9.17, 15) is 13.2 Å². The Morgan fingerprint density at radius 1 is 1.14 bits per heavy atom. The highest BCUT2D eigenvalue weighted by atomic mass is 19.4. The molecule has 0 aliphatic carbocycles. The second kappa shape index (κ2) is 7.12. The Morgan fingerprint density at radius 3 is 2.48 bits per heavy atom. The van der Waals surface area contributed by atoms with Gasteiger partial charge in [0.15, 0.2) is 0 Å². The molecule has 1 heterocycles. The predicted molar refractivity (Wildman–Crippen MR) is 77.0 cm³/mol. The first-order valence-corrected chi connectivity index (χ1v) is 7.50. The Hall–Kier alpha value is -1.29. The van der Waals surface area contributed by atoms with Gasteiger partial charge in [-0.05, 0) is 30.5 Å². The van der Waals surface area contributed by atoms with Gasteiger partial charge in [0, 0.05) is 0 Å². The lowest BCUT2D eigenvalue weighted by atomic mass is 10.0. The Balaban J connectivity index is 1.98. The number of benzene rings is 1. The van der Waals surface area contributed by atoms with Crippen LogP contribution in [0.2, 0.25) is 0 Å². The first-order chi connectivity index (χ1) is 10.0. The molecule has 0 saturated heterocycles. The van der Waals surface area contributed by atoms with Crippen molar-refractivity contribution < 1.29 is 17.9 Å². The highest BCUT2D eigenvalue weighted by molar-refractivity contribution is 5.28. The van der Waals surface area contributed by atoms with Gasteiger partial charge in [0.1, 0.15) is 6.10 Å². The molecule has 0 unspecified atom stereocenters. The second-order valence-corrected chi connectivity index (χ2v) is 5.46. The maximum Gasteiger partial charge on any atom is 0.416 e. The lowest BCUT2D eigenvalue weighted by molar-refractivity contribution is -0.137. The summed E-state index contributed by atoms with van der Waals surface area (Å²) in [6.45, 7) is 2.16. The quantitative estimate of drug-likeness (QED) is 0.502. The minimum atomic E-state index is -4.29. The van der Waals surface area contributed by atoms with Crippen molar-refractivity contribution in [3.05, 3.63) is 47.5 Å². The van der Waals surface area contributed by atoms with Crippen LogP contribution in [-0.2, 0) is 10.9 Å². The first kappa shape index (κ1) is 16.1. The molecule has 0 fully saturated rings. The van der Waals surface area contributed by atoms with Gasteiger partial charge in [-0.3, -0.25) is 0 Å². The molecule has 0 spiro atoms. The fourth-order valence-corrected chi connectivity index (χ4v) is 2.52. The number of halogens is 3. The summed E-state index contributed by atoms with van der Waals surface area (Å²) in [5, 5.41) is 0. The van der Waals surface area contributed by atoms with Gasteiger partial charge in [-0.2, -0.15) is 13.2 Å². The van der Waals surface area contributed by atoms with Gasteiger partial charge in [-0.1, -0.05) is 50.5 Å². The number of alkyl halides is 3. The van der Waals surface area contributed by atoms with Crippen molar-refractivity contribution in [2.24, 2.45) is 0 Å². The van der Waals surface area contributed by atoms with E-state index in [1.165, 1.54) is 25.0 Å². The second-order valence-electron chi connectivity index (χ2n) is 5.46. The third kappa shape index (κ3) is 4.60. The molecule has 1 nitrogen and oxygen atoms in total. The molecule has 0 radical (unpaired) electrons. The number of rotatable bonds is 5. The van der Waals surface area contributed by atoms with Crippen molar-refractivity contribution in [2.75, 3.05) is 0 Å². The van der Waals surface area contributed by atoms with Crippen molar-refractivity contribution in [2.45, 2.75) is 57.4 Å². The normalized spacial score (nSPS) is 22.5. The van der Waals surface area contributed by atoms with Crippen LogP contribution in [0.1, 0.15) is 56.3 Å². The van der Waals surface area contributed by atoms with Gasteiger partial charge in [0.2, 0.25) is 0 Å². The average molecular weight is 298 g/mol. The molecule has 116 valence electrons. The van der Waals surface area contributed by atoms with Crippen LogP contribution >= 0.6 is 0 Å². The van der Waals surface area contributed by atoms with Crippen LogP contribution in [0, 0.1) is 0 Å². The molecule has 4 heteroatoms. The maximum absolute atomic E-state index is 12.6. The fourth-order valence-electron chi connectivity index (χ4n) is 2.52. The molecule has 0 N–H and O–H groups in total. The zero-order valence-electron chi connectivity index (χ0n) is 12.2. The SMILES string of the molecule is CCCCC[C@H]1CC=C[C@@H](c2ccc(C(F)(F)F)cc2)O1. The molecule has 0 saturated carbocycles. The summed E-state index contributed by atoms with van der Waals surface area (Å²) in [7, 11) is 0. The van der Waals surface area contributed by atoms with Crippen molar-refractivity contribution in [3.8, 4) is 0 Å². The molecule has 21 heavy (non-hydrogen) atoms. The van der Waals surface area contributed by atoms with Gasteiger partial charge in [-0.15, -0.1) is 0 Å². The van der Waals surface area contributed by atoms with E-state index in [0.29, 0.717) is 0 Å². The van der Waals surface area contributed by atoms with Gasteiger partial charge in [0.25, 0.3) is 0 Å². The van der Waals surface area contributed by atoms with E-state index in [1.807, 2.05) is 6.08 Å². The van der Waals surface area contributed by atoms with Gasteiger partial charge in [-0.25, -0.2) is 0 Å². The van der Waals surface area contributed by atoms with E-state index in [1.54, 1.807) is 0 Å². The Labute approximate surface area is 123 Å². The minimum absolute atomic E-state index is 0.175. The van der Waals surface area contributed by atoms with Crippen LogP contribution in [0.25, 0.3) is 0 Å². The third-order valence-corrected chi connectivity index (χ3v) is 3.75. The van der Waals surface area contributed by atoms with Crippen molar-refractivity contribution in [1.29, 1.82) is 0 Å². The molecule has 0 aromatic heterocycles. The lowest BCUT2D eigenvalue weighted by Crippen LogP contribution is -2.19. The van der Waals surface area contributed by atoms with Crippen LogP contribution in [0.4, 0.5) is 13.2 Å². The van der Waals surface area contributed by atoms with E-state index >= 15 is 0 Å². The average Bonchev–Trinajstić information content (AvgIpc) is 2.47. The highest BCUT2D eigenvalue weighted by Gasteiger charge is 2.30. The summed E-state index contributed by atoms with van der Waals surface area (Å²) in [4.78, 5) is 0. The monoisotopic (exact) mass is 298 g/mol. The first-order valence-electron chi connectivity index (χ1n) is 7.50. The number of hydrogen-bond donors (Lipinski definition) is 0. The summed E-state index contributed by atoms with van der Waals surface area (Å²) in [6.07, 6.45) is 5.05. The molecule has 0 bridgehead atoms. The third-order valence-electron chi connectivity index (χ3n) is 3.75. The van der Waals surface area contributed by atoms with E-state index in [2.05, 4.69) is 13.0 Å². The standard InChI is InChI=1S/C17H21F3O/c1-2-3-4-6-15-7-5-8-16(21-15)13-9-11-14(12-10-13)17(18,19)20/h5,8-12,15-16H,2-4,6-7H2,1H3/t15-,16-/m0/s1. The molecule has 1 aliphatic heterocycles. The van der Waals surface area contributed by atoms with E-state index in [-0.39, 0.29) is 12.2 Å². The number of hydrogen-bond acceptors (Lipinski definition) is 1. The van der Waals surface area contributed by atoms with Crippen LogP contribution in [0.5, 0.6) is 0 Å². The van der Waals surface area contributed by atoms with Gasteiger partial charge >= 0.3 is 6.18 Å². The summed E-state index contributed by atoms with van der Waals surface area (Å²) >= 11 is 0. The fraction of sp³-hybridized carbons (Fsp3) is 0.529.